The molecule has 1 aliphatic carbocycles. The maximum absolute atomic E-state index is 10.0. The highest BCUT2D eigenvalue weighted by molar-refractivity contribution is 5.59. The van der Waals surface area contributed by atoms with E-state index >= 15 is 0 Å². The molecule has 2 atom stereocenters. The zero-order chi connectivity index (χ0) is 18.5. The maximum Gasteiger partial charge on any atom is 0.230 e. The Morgan fingerprint density at radius 1 is 0.926 bits per heavy atom. The number of hydrogen-bond donors (Lipinski definition) is 2. The van der Waals surface area contributed by atoms with Crippen LogP contribution < -0.4 is 10.1 Å². The second kappa shape index (κ2) is 8.14. The molecule has 0 spiro atoms. The Bertz CT molecular complexity index is 871. The minimum Gasteiger partial charge on any atom is -0.488 e. The van der Waals surface area contributed by atoms with Crippen LogP contribution in [0.4, 0.5) is 11.6 Å². The van der Waals surface area contributed by atoms with Gasteiger partial charge in [-0.25, -0.2) is 9.97 Å². The lowest BCUT2D eigenvalue weighted by Gasteiger charge is -2.28. The van der Waals surface area contributed by atoms with E-state index in [-0.39, 0.29) is 12.2 Å². The normalized spacial score (nSPS) is 19.4. The summed E-state index contributed by atoms with van der Waals surface area (Å²) in [5, 5.41) is 13.2. The highest BCUT2D eigenvalue weighted by atomic mass is 16.5. The van der Waals surface area contributed by atoms with E-state index in [1.807, 2.05) is 54.6 Å². The van der Waals surface area contributed by atoms with Crippen molar-refractivity contribution in [2.75, 3.05) is 5.32 Å². The van der Waals surface area contributed by atoms with Crippen molar-refractivity contribution in [2.24, 2.45) is 0 Å². The van der Waals surface area contributed by atoms with Gasteiger partial charge in [0.05, 0.1) is 6.10 Å². The summed E-state index contributed by atoms with van der Waals surface area (Å²) in [6.45, 7) is 0. The van der Waals surface area contributed by atoms with Gasteiger partial charge in [0.15, 0.2) is 5.82 Å². The molecule has 1 saturated carbocycles. The molecule has 0 saturated heterocycles. The molecule has 1 fully saturated rings. The highest BCUT2D eigenvalue weighted by Crippen LogP contribution is 2.25. The zero-order valence-electron chi connectivity index (χ0n) is 15.0. The van der Waals surface area contributed by atoms with Crippen LogP contribution in [0.15, 0.2) is 60.9 Å². The lowest BCUT2D eigenvalue weighted by Crippen LogP contribution is -2.34. The minimum atomic E-state index is -0.377. The fraction of sp³-hybridized carbons (Fsp3) is 0.286. The van der Waals surface area contributed by atoms with Crippen LogP contribution in [0.1, 0.15) is 25.7 Å². The van der Waals surface area contributed by atoms with Crippen molar-refractivity contribution < 1.29 is 9.84 Å². The van der Waals surface area contributed by atoms with E-state index in [0.717, 1.165) is 42.7 Å². The van der Waals surface area contributed by atoms with Crippen LogP contribution >= 0.6 is 0 Å². The van der Waals surface area contributed by atoms with Crippen LogP contribution in [0, 0.1) is 0 Å². The van der Waals surface area contributed by atoms with Gasteiger partial charge in [0.1, 0.15) is 18.2 Å². The fourth-order valence-corrected chi connectivity index (χ4v) is 3.22. The molecule has 1 aliphatic rings. The summed E-state index contributed by atoms with van der Waals surface area (Å²) in [7, 11) is 0. The molecule has 3 aromatic rings. The number of aliphatic hydroxyl groups is 1. The highest BCUT2D eigenvalue weighted by Gasteiger charge is 2.24. The van der Waals surface area contributed by atoms with Gasteiger partial charge in [-0.15, -0.1) is 0 Å². The third-order valence-corrected chi connectivity index (χ3v) is 4.67. The van der Waals surface area contributed by atoms with Gasteiger partial charge in [0.25, 0.3) is 0 Å². The van der Waals surface area contributed by atoms with Crippen LogP contribution in [0.3, 0.4) is 0 Å². The predicted molar refractivity (Wildman–Crippen MR) is 104 cm³/mol. The molecule has 0 aliphatic heterocycles. The van der Waals surface area contributed by atoms with Gasteiger partial charge in [-0.2, -0.15) is 4.98 Å². The van der Waals surface area contributed by atoms with Crippen molar-refractivity contribution in [3.05, 3.63) is 60.9 Å². The van der Waals surface area contributed by atoms with Gasteiger partial charge < -0.3 is 15.2 Å². The Morgan fingerprint density at radius 2 is 1.70 bits per heavy atom. The second-order valence-electron chi connectivity index (χ2n) is 6.66. The quantitative estimate of drug-likeness (QED) is 0.715. The lowest BCUT2D eigenvalue weighted by atomic mass is 9.95. The third-order valence-electron chi connectivity index (χ3n) is 4.67. The maximum atomic E-state index is 10.0. The first kappa shape index (κ1) is 17.4. The molecular weight excluding hydrogens is 340 g/mol. The van der Waals surface area contributed by atoms with Crippen molar-refractivity contribution in [3.63, 3.8) is 0 Å². The van der Waals surface area contributed by atoms with Crippen LogP contribution in [0.2, 0.25) is 0 Å². The second-order valence-corrected chi connectivity index (χ2v) is 6.66. The zero-order valence-corrected chi connectivity index (χ0v) is 15.0. The molecule has 0 bridgehead atoms. The van der Waals surface area contributed by atoms with Gasteiger partial charge in [0.2, 0.25) is 5.95 Å². The molecule has 2 aromatic carbocycles. The van der Waals surface area contributed by atoms with E-state index in [4.69, 9.17) is 4.74 Å². The predicted octanol–water partition coefficient (Wildman–Crippen LogP) is 3.96. The number of rotatable bonds is 5. The molecule has 1 heterocycles. The average Bonchev–Trinajstić information content (AvgIpc) is 2.72. The van der Waals surface area contributed by atoms with E-state index < -0.39 is 0 Å². The molecule has 138 valence electrons. The van der Waals surface area contributed by atoms with E-state index in [1.54, 1.807) is 0 Å². The molecular formula is C21H22N4O2. The first-order chi connectivity index (χ1) is 13.3. The van der Waals surface area contributed by atoms with Crippen molar-refractivity contribution in [1.82, 2.24) is 15.0 Å². The Hall–Kier alpha value is -2.99. The molecule has 6 heteroatoms. The minimum absolute atomic E-state index is 0.116. The van der Waals surface area contributed by atoms with Crippen molar-refractivity contribution >= 4 is 11.6 Å². The van der Waals surface area contributed by atoms with Gasteiger partial charge in [-0.05, 0) is 43.5 Å². The molecule has 27 heavy (non-hydrogen) atoms. The van der Waals surface area contributed by atoms with Gasteiger partial charge >= 0.3 is 0 Å². The number of aliphatic hydroxyl groups excluding tert-OH is 1. The number of benzene rings is 2. The summed E-state index contributed by atoms with van der Waals surface area (Å²) in [6, 6.07) is 17.4. The Morgan fingerprint density at radius 3 is 2.48 bits per heavy atom. The Kier molecular flexibility index (Phi) is 5.25. The van der Waals surface area contributed by atoms with Gasteiger partial charge in [-0.3, -0.25) is 0 Å². The molecule has 6 nitrogen and oxygen atoms in total. The average molecular weight is 362 g/mol. The van der Waals surface area contributed by atoms with Crippen LogP contribution in [-0.2, 0) is 0 Å². The van der Waals surface area contributed by atoms with Crippen LogP contribution in [0.5, 0.6) is 5.75 Å². The summed E-state index contributed by atoms with van der Waals surface area (Å²) in [5.41, 5.74) is 1.80. The molecule has 4 rings (SSSR count). The number of hydrogen-bond acceptors (Lipinski definition) is 6. The van der Waals surface area contributed by atoms with Crippen molar-refractivity contribution in [2.45, 2.75) is 37.9 Å². The van der Waals surface area contributed by atoms with Gasteiger partial charge in [0, 0.05) is 11.3 Å². The SMILES string of the molecule is O[C@@H]1CCCC[C@H]1Oc1ccc(Nc2ncnc(-c3ccccc3)n2)cc1. The fourth-order valence-electron chi connectivity index (χ4n) is 3.22. The smallest absolute Gasteiger partial charge is 0.230 e. The molecule has 0 unspecified atom stereocenters. The topological polar surface area (TPSA) is 80.2 Å². The molecule has 1 aromatic heterocycles. The number of aromatic nitrogens is 3. The van der Waals surface area contributed by atoms with Crippen molar-refractivity contribution in [1.29, 1.82) is 0 Å². The Labute approximate surface area is 158 Å². The molecule has 2 N–H and O–H groups in total. The summed E-state index contributed by atoms with van der Waals surface area (Å²) >= 11 is 0. The van der Waals surface area contributed by atoms with Gasteiger partial charge in [-0.1, -0.05) is 36.8 Å². The Balaban J connectivity index is 1.43. The monoisotopic (exact) mass is 362 g/mol. The number of nitrogens with one attached hydrogen (secondary N) is 1. The van der Waals surface area contributed by atoms with Crippen LogP contribution in [-0.4, -0.2) is 32.3 Å². The molecule has 0 radical (unpaired) electrons. The van der Waals surface area contributed by atoms with Crippen molar-refractivity contribution in [3.8, 4) is 17.1 Å². The van der Waals surface area contributed by atoms with E-state index in [1.165, 1.54) is 6.33 Å². The number of nitrogens with zero attached hydrogens (tertiary/aromatic N) is 3. The number of ether oxygens (including phenoxy) is 1. The first-order valence-corrected chi connectivity index (χ1v) is 9.24. The third kappa shape index (κ3) is 4.41. The standard InChI is InChI=1S/C21H22N4O2/c26-18-8-4-5-9-19(18)27-17-12-10-16(11-13-17)24-21-23-14-22-20(25-21)15-6-2-1-3-7-15/h1-3,6-7,10-14,18-19,26H,4-5,8-9H2,(H,22,23,24,25)/t18-,19-/m1/s1. The number of anilines is 2. The summed E-state index contributed by atoms with van der Waals surface area (Å²) < 4.78 is 5.93. The summed E-state index contributed by atoms with van der Waals surface area (Å²) in [4.78, 5) is 12.9. The lowest BCUT2D eigenvalue weighted by molar-refractivity contribution is 0.00688. The van der Waals surface area contributed by atoms with E-state index in [0.29, 0.717) is 11.8 Å². The summed E-state index contributed by atoms with van der Waals surface area (Å²) in [5.74, 6) is 1.87. The molecule has 0 amide bonds. The van der Waals surface area contributed by atoms with E-state index in [2.05, 4.69) is 20.3 Å². The largest absolute Gasteiger partial charge is 0.488 e. The van der Waals surface area contributed by atoms with Crippen LogP contribution in [0.25, 0.3) is 11.4 Å². The summed E-state index contributed by atoms with van der Waals surface area (Å²) in [6.07, 6.45) is 4.89. The first-order valence-electron chi connectivity index (χ1n) is 9.24. The van der Waals surface area contributed by atoms with E-state index in [9.17, 15) is 5.11 Å².